The maximum atomic E-state index is 12.4. The van der Waals surface area contributed by atoms with Crippen molar-refractivity contribution in [1.29, 1.82) is 0 Å². The second-order valence-corrected chi connectivity index (χ2v) is 6.69. The summed E-state index contributed by atoms with van der Waals surface area (Å²) in [5.74, 6) is 0.285. The molecule has 24 heavy (non-hydrogen) atoms. The lowest BCUT2D eigenvalue weighted by Crippen LogP contribution is -2.67. The van der Waals surface area contributed by atoms with Crippen LogP contribution < -0.4 is 10.2 Å². The highest BCUT2D eigenvalue weighted by atomic mass is 35.5. The third-order valence-corrected chi connectivity index (χ3v) is 5.50. The molecule has 0 radical (unpaired) electrons. The van der Waals surface area contributed by atoms with Crippen molar-refractivity contribution in [2.45, 2.75) is 26.7 Å². The summed E-state index contributed by atoms with van der Waals surface area (Å²) in [6.45, 7) is 4.53. The fourth-order valence-electron chi connectivity index (χ4n) is 3.21. The Morgan fingerprint density at radius 3 is 2.54 bits per heavy atom. The van der Waals surface area contributed by atoms with Gasteiger partial charge < -0.3 is 4.90 Å². The molecule has 0 aromatic heterocycles. The molecule has 0 saturated carbocycles. The number of halogens is 2. The summed E-state index contributed by atoms with van der Waals surface area (Å²) in [6, 6.07) is 4.83. The maximum Gasteiger partial charge on any atom is 0.331 e. The highest BCUT2D eigenvalue weighted by Crippen LogP contribution is 2.36. The number of anilines is 1. The molecule has 0 aliphatic carbocycles. The second kappa shape index (κ2) is 6.26. The average molecular weight is 369 g/mol. The number of hydrogen-bond acceptors (Lipinski definition) is 4. The van der Waals surface area contributed by atoms with Crippen LogP contribution in [0.1, 0.15) is 26.7 Å². The van der Waals surface area contributed by atoms with E-state index in [1.54, 1.807) is 12.1 Å². The van der Waals surface area contributed by atoms with Gasteiger partial charge >= 0.3 is 6.03 Å². The van der Waals surface area contributed by atoms with Gasteiger partial charge in [-0.25, -0.2) is 9.79 Å². The summed E-state index contributed by atoms with van der Waals surface area (Å²) in [5, 5.41) is 3.37. The van der Waals surface area contributed by atoms with Crippen LogP contribution in [0.4, 0.5) is 10.5 Å². The minimum atomic E-state index is -0.752. The van der Waals surface area contributed by atoms with E-state index in [9.17, 15) is 9.59 Å². The zero-order valence-electron chi connectivity index (χ0n) is 13.5. The first-order chi connectivity index (χ1) is 11.4. The van der Waals surface area contributed by atoms with Crippen LogP contribution in [0.2, 0.25) is 10.0 Å². The molecule has 2 aliphatic rings. The third kappa shape index (κ3) is 2.54. The molecule has 0 spiro atoms. The zero-order chi connectivity index (χ0) is 17.5. The Morgan fingerprint density at radius 2 is 1.92 bits per heavy atom. The number of amidine groups is 1. The van der Waals surface area contributed by atoms with E-state index in [4.69, 9.17) is 23.2 Å². The van der Waals surface area contributed by atoms with E-state index in [1.165, 1.54) is 4.90 Å². The number of nitrogens with zero attached hydrogens (tertiary/aromatic N) is 3. The lowest BCUT2D eigenvalue weighted by molar-refractivity contribution is -0.128. The molecule has 1 aromatic rings. The number of rotatable bonds is 3. The monoisotopic (exact) mass is 368 g/mol. The van der Waals surface area contributed by atoms with Crippen LogP contribution in [0, 0.1) is 5.41 Å². The van der Waals surface area contributed by atoms with Gasteiger partial charge in [-0.05, 0) is 31.0 Å². The smallest absolute Gasteiger partial charge is 0.331 e. The van der Waals surface area contributed by atoms with E-state index in [1.807, 2.05) is 24.8 Å². The molecule has 0 atom stereocenters. The lowest BCUT2D eigenvalue weighted by atomic mass is 9.78. The molecule has 1 fully saturated rings. The number of nitrogens with one attached hydrogen (secondary N) is 1. The van der Waals surface area contributed by atoms with Crippen molar-refractivity contribution in [3.63, 3.8) is 0 Å². The molecular weight excluding hydrogens is 351 g/mol. The number of benzene rings is 1. The normalized spacial score (nSPS) is 19.8. The standard InChI is InChI=1S/C16H18Cl2N4O2/c1-3-16(4-2)13-19-8-21(9-22(13)15(24)20-14(16)23)10-5-6-11(17)12(18)7-10/h5-7H,3-4,8-9H2,1-2H3,(H,20,23,24). The molecule has 3 rings (SSSR count). The largest absolute Gasteiger partial charge is 0.334 e. The van der Waals surface area contributed by atoms with Crippen molar-refractivity contribution in [3.05, 3.63) is 28.2 Å². The number of fused-ring (bicyclic) bond motifs is 1. The van der Waals surface area contributed by atoms with Gasteiger partial charge in [-0.1, -0.05) is 37.0 Å². The Labute approximate surface area is 150 Å². The first-order valence-corrected chi connectivity index (χ1v) is 8.56. The zero-order valence-corrected chi connectivity index (χ0v) is 15.0. The average Bonchev–Trinajstić information content (AvgIpc) is 2.58. The van der Waals surface area contributed by atoms with Gasteiger partial charge in [0, 0.05) is 5.69 Å². The number of carbonyl (C=O) groups excluding carboxylic acids is 2. The first-order valence-electron chi connectivity index (χ1n) is 7.80. The molecular formula is C16H18Cl2N4O2. The minimum absolute atomic E-state index is 0.268. The number of aliphatic imine (C=N–C) groups is 1. The SMILES string of the molecule is CCC1(CC)C(=O)NC(=O)N2CN(c3ccc(Cl)c(Cl)c3)CN=C21. The molecule has 128 valence electrons. The van der Waals surface area contributed by atoms with Gasteiger partial charge in [0.1, 0.15) is 24.6 Å². The molecule has 6 nitrogen and oxygen atoms in total. The van der Waals surface area contributed by atoms with E-state index in [-0.39, 0.29) is 5.91 Å². The first kappa shape index (κ1) is 17.0. The molecule has 1 aromatic carbocycles. The van der Waals surface area contributed by atoms with Crippen LogP contribution in [-0.4, -0.2) is 36.0 Å². The van der Waals surface area contributed by atoms with Crippen LogP contribution in [0.25, 0.3) is 0 Å². The van der Waals surface area contributed by atoms with Crippen LogP contribution in [0.5, 0.6) is 0 Å². The Kier molecular flexibility index (Phi) is 4.44. The Hall–Kier alpha value is -1.79. The van der Waals surface area contributed by atoms with Crippen molar-refractivity contribution in [2.75, 3.05) is 18.2 Å². The molecule has 0 bridgehead atoms. The molecule has 2 heterocycles. The van der Waals surface area contributed by atoms with Gasteiger partial charge in [-0.2, -0.15) is 0 Å². The molecule has 1 N–H and O–H groups in total. The van der Waals surface area contributed by atoms with Crippen molar-refractivity contribution >= 4 is 46.7 Å². The van der Waals surface area contributed by atoms with Crippen LogP contribution in [0.15, 0.2) is 23.2 Å². The van der Waals surface area contributed by atoms with Crippen molar-refractivity contribution in [1.82, 2.24) is 10.2 Å². The Balaban J connectivity index is 1.97. The fourth-order valence-corrected chi connectivity index (χ4v) is 3.50. The molecule has 1 saturated heterocycles. The Morgan fingerprint density at radius 1 is 1.21 bits per heavy atom. The minimum Gasteiger partial charge on any atom is -0.334 e. The van der Waals surface area contributed by atoms with Gasteiger partial charge in [0.05, 0.1) is 10.0 Å². The predicted molar refractivity (Wildman–Crippen MR) is 94.5 cm³/mol. The van der Waals surface area contributed by atoms with Crippen molar-refractivity contribution < 1.29 is 9.59 Å². The highest BCUT2D eigenvalue weighted by molar-refractivity contribution is 6.42. The van der Waals surface area contributed by atoms with Crippen molar-refractivity contribution in [2.24, 2.45) is 10.4 Å². The van der Waals surface area contributed by atoms with Gasteiger partial charge in [-0.3, -0.25) is 15.0 Å². The predicted octanol–water partition coefficient (Wildman–Crippen LogP) is 3.49. The van der Waals surface area contributed by atoms with Crippen LogP contribution in [-0.2, 0) is 4.79 Å². The molecule has 2 aliphatic heterocycles. The van der Waals surface area contributed by atoms with E-state index in [2.05, 4.69) is 10.3 Å². The summed E-state index contributed by atoms with van der Waals surface area (Å²) in [6.07, 6.45) is 1.18. The quantitative estimate of drug-likeness (QED) is 0.887. The number of urea groups is 1. The maximum absolute atomic E-state index is 12.4. The number of imide groups is 1. The van der Waals surface area contributed by atoms with Gasteiger partial charge in [-0.15, -0.1) is 0 Å². The topological polar surface area (TPSA) is 65.0 Å². The van der Waals surface area contributed by atoms with E-state index in [0.29, 0.717) is 42.1 Å². The fraction of sp³-hybridized carbons (Fsp3) is 0.438. The van der Waals surface area contributed by atoms with E-state index < -0.39 is 11.4 Å². The molecule has 8 heteroatoms. The van der Waals surface area contributed by atoms with E-state index >= 15 is 0 Å². The van der Waals surface area contributed by atoms with Crippen molar-refractivity contribution in [3.8, 4) is 0 Å². The second-order valence-electron chi connectivity index (χ2n) is 5.88. The number of carbonyl (C=O) groups is 2. The Bertz CT molecular complexity index is 731. The lowest BCUT2D eigenvalue weighted by Gasteiger charge is -2.46. The third-order valence-electron chi connectivity index (χ3n) is 4.76. The van der Waals surface area contributed by atoms with Crippen LogP contribution >= 0.6 is 23.2 Å². The molecule has 3 amide bonds. The van der Waals surface area contributed by atoms with Gasteiger partial charge in [0.25, 0.3) is 0 Å². The van der Waals surface area contributed by atoms with Crippen LogP contribution in [0.3, 0.4) is 0 Å². The summed E-state index contributed by atoms with van der Waals surface area (Å²) in [4.78, 5) is 32.7. The number of amides is 3. The highest BCUT2D eigenvalue weighted by Gasteiger charge is 2.50. The summed E-state index contributed by atoms with van der Waals surface area (Å²) in [5.41, 5.74) is 0.0629. The van der Waals surface area contributed by atoms with Gasteiger partial charge in [0.15, 0.2) is 0 Å². The molecule has 0 unspecified atom stereocenters. The number of hydrogen-bond donors (Lipinski definition) is 1. The van der Waals surface area contributed by atoms with Gasteiger partial charge in [0.2, 0.25) is 5.91 Å². The van der Waals surface area contributed by atoms with E-state index in [0.717, 1.165) is 5.69 Å². The summed E-state index contributed by atoms with van der Waals surface area (Å²) < 4.78 is 0. The summed E-state index contributed by atoms with van der Waals surface area (Å²) in [7, 11) is 0. The summed E-state index contributed by atoms with van der Waals surface area (Å²) >= 11 is 12.0.